The summed E-state index contributed by atoms with van der Waals surface area (Å²) >= 11 is 0. The van der Waals surface area contributed by atoms with E-state index in [0.717, 1.165) is 11.3 Å². The van der Waals surface area contributed by atoms with Crippen molar-refractivity contribution in [1.82, 2.24) is 5.32 Å². The van der Waals surface area contributed by atoms with Crippen LogP contribution in [0.15, 0.2) is 54.6 Å². The first-order chi connectivity index (χ1) is 10.2. The summed E-state index contributed by atoms with van der Waals surface area (Å²) in [4.78, 5) is 11.9. The molecule has 2 N–H and O–H groups in total. The number of aliphatic hydroxyl groups excluding tert-OH is 1. The third kappa shape index (κ3) is 4.61. The van der Waals surface area contributed by atoms with Gasteiger partial charge in [0, 0.05) is 11.6 Å². The number of hydrogen-bond acceptors (Lipinski definition) is 3. The van der Waals surface area contributed by atoms with Gasteiger partial charge in [-0.3, -0.25) is 4.79 Å². The minimum Gasteiger partial charge on any atom is -0.489 e. The van der Waals surface area contributed by atoms with E-state index in [4.69, 9.17) is 9.84 Å². The molecule has 0 bridgehead atoms. The lowest BCUT2D eigenvalue weighted by Crippen LogP contribution is -2.34. The monoisotopic (exact) mass is 285 g/mol. The van der Waals surface area contributed by atoms with Gasteiger partial charge in [-0.15, -0.1) is 0 Å². The molecule has 110 valence electrons. The third-order valence-electron chi connectivity index (χ3n) is 3.02. The summed E-state index contributed by atoms with van der Waals surface area (Å²) in [5.74, 6) is 0.628. The van der Waals surface area contributed by atoms with Crippen LogP contribution in [0.25, 0.3) is 0 Å². The highest BCUT2D eigenvalue weighted by Gasteiger charge is 2.08. The van der Waals surface area contributed by atoms with E-state index in [2.05, 4.69) is 5.32 Å². The molecule has 2 aromatic rings. The van der Waals surface area contributed by atoms with E-state index < -0.39 is 0 Å². The van der Waals surface area contributed by atoms with E-state index in [0.29, 0.717) is 12.2 Å². The van der Waals surface area contributed by atoms with Crippen LogP contribution in [-0.4, -0.2) is 23.7 Å². The van der Waals surface area contributed by atoms with Crippen LogP contribution < -0.4 is 10.1 Å². The molecule has 21 heavy (non-hydrogen) atoms. The van der Waals surface area contributed by atoms with Crippen molar-refractivity contribution in [2.75, 3.05) is 6.61 Å². The number of carbonyl (C=O) groups is 1. The van der Waals surface area contributed by atoms with Crippen molar-refractivity contribution in [3.63, 3.8) is 0 Å². The molecule has 0 aromatic heterocycles. The molecule has 4 nitrogen and oxygen atoms in total. The molecule has 1 unspecified atom stereocenters. The highest BCUT2D eigenvalue weighted by Crippen LogP contribution is 2.12. The first kappa shape index (κ1) is 15.1. The van der Waals surface area contributed by atoms with E-state index in [1.807, 2.05) is 42.5 Å². The number of amides is 1. The Bertz CT molecular complexity index is 566. The van der Waals surface area contributed by atoms with Gasteiger partial charge in [0.25, 0.3) is 5.91 Å². The highest BCUT2D eigenvalue weighted by molar-refractivity contribution is 5.94. The van der Waals surface area contributed by atoms with Gasteiger partial charge in [-0.25, -0.2) is 0 Å². The molecule has 0 fully saturated rings. The predicted octanol–water partition coefficient (Wildman–Crippen LogP) is 2.38. The number of hydrogen-bond donors (Lipinski definition) is 2. The first-order valence-corrected chi connectivity index (χ1v) is 6.87. The van der Waals surface area contributed by atoms with Crippen molar-refractivity contribution < 1.29 is 14.6 Å². The van der Waals surface area contributed by atoms with Crippen molar-refractivity contribution in [1.29, 1.82) is 0 Å². The average Bonchev–Trinajstić information content (AvgIpc) is 2.54. The van der Waals surface area contributed by atoms with Gasteiger partial charge in [-0.1, -0.05) is 30.3 Å². The number of ether oxygens (including phenoxy) is 1. The maximum Gasteiger partial charge on any atom is 0.251 e. The SMILES string of the molecule is CC(CO)NC(=O)c1ccc(COc2ccccc2)cc1. The second kappa shape index (κ2) is 7.45. The molecule has 0 spiro atoms. The maximum absolute atomic E-state index is 11.9. The van der Waals surface area contributed by atoms with Gasteiger partial charge in [0.05, 0.1) is 6.61 Å². The summed E-state index contributed by atoms with van der Waals surface area (Å²) in [6, 6.07) is 16.6. The zero-order valence-electron chi connectivity index (χ0n) is 12.0. The minimum atomic E-state index is -0.251. The summed E-state index contributed by atoms with van der Waals surface area (Å²) in [5.41, 5.74) is 1.56. The molecule has 2 aromatic carbocycles. The number of rotatable bonds is 6. The van der Waals surface area contributed by atoms with E-state index in [1.54, 1.807) is 19.1 Å². The Morgan fingerprint density at radius 2 is 1.81 bits per heavy atom. The fourth-order valence-corrected chi connectivity index (χ4v) is 1.79. The van der Waals surface area contributed by atoms with Gasteiger partial charge in [0.1, 0.15) is 12.4 Å². The Morgan fingerprint density at radius 1 is 1.14 bits per heavy atom. The Kier molecular flexibility index (Phi) is 5.35. The average molecular weight is 285 g/mol. The lowest BCUT2D eigenvalue weighted by Gasteiger charge is -2.11. The molecular formula is C17H19NO3. The zero-order chi connectivity index (χ0) is 15.1. The molecule has 0 radical (unpaired) electrons. The second-order valence-corrected chi connectivity index (χ2v) is 4.86. The summed E-state index contributed by atoms with van der Waals surface area (Å²) in [6.07, 6.45) is 0. The van der Waals surface area contributed by atoms with Crippen LogP contribution in [0.2, 0.25) is 0 Å². The van der Waals surface area contributed by atoms with Crippen molar-refractivity contribution in [3.05, 3.63) is 65.7 Å². The van der Waals surface area contributed by atoms with Crippen LogP contribution in [0.4, 0.5) is 0 Å². The minimum absolute atomic E-state index is 0.0747. The fourth-order valence-electron chi connectivity index (χ4n) is 1.79. The topological polar surface area (TPSA) is 58.6 Å². The van der Waals surface area contributed by atoms with Crippen LogP contribution in [0.5, 0.6) is 5.75 Å². The Labute approximate surface area is 124 Å². The number of aliphatic hydroxyl groups is 1. The Balaban J connectivity index is 1.91. The Morgan fingerprint density at radius 3 is 2.43 bits per heavy atom. The molecule has 4 heteroatoms. The molecule has 2 rings (SSSR count). The van der Waals surface area contributed by atoms with Gasteiger partial charge >= 0.3 is 0 Å². The van der Waals surface area contributed by atoms with E-state index in [9.17, 15) is 4.79 Å². The zero-order valence-corrected chi connectivity index (χ0v) is 12.0. The molecule has 0 saturated carbocycles. The number of carbonyl (C=O) groups excluding carboxylic acids is 1. The van der Waals surface area contributed by atoms with Gasteiger partial charge in [0.15, 0.2) is 0 Å². The van der Waals surface area contributed by atoms with E-state index in [1.165, 1.54) is 0 Å². The van der Waals surface area contributed by atoms with Gasteiger partial charge in [0.2, 0.25) is 0 Å². The van der Waals surface area contributed by atoms with Gasteiger partial charge < -0.3 is 15.2 Å². The van der Waals surface area contributed by atoms with Crippen LogP contribution in [-0.2, 0) is 6.61 Å². The van der Waals surface area contributed by atoms with Crippen molar-refractivity contribution in [2.24, 2.45) is 0 Å². The molecule has 0 heterocycles. The lowest BCUT2D eigenvalue weighted by atomic mass is 10.1. The smallest absolute Gasteiger partial charge is 0.251 e. The predicted molar refractivity (Wildman–Crippen MR) is 81.2 cm³/mol. The molecule has 0 saturated heterocycles. The second-order valence-electron chi connectivity index (χ2n) is 4.86. The van der Waals surface area contributed by atoms with Gasteiger partial charge in [-0.05, 0) is 36.8 Å². The van der Waals surface area contributed by atoms with E-state index >= 15 is 0 Å². The first-order valence-electron chi connectivity index (χ1n) is 6.87. The summed E-state index contributed by atoms with van der Waals surface area (Å²) in [7, 11) is 0. The summed E-state index contributed by atoms with van der Waals surface area (Å²) in [5, 5.41) is 11.6. The van der Waals surface area contributed by atoms with Crippen LogP contribution >= 0.6 is 0 Å². The molecule has 0 aliphatic heterocycles. The largest absolute Gasteiger partial charge is 0.489 e. The third-order valence-corrected chi connectivity index (χ3v) is 3.02. The van der Waals surface area contributed by atoms with Crippen molar-refractivity contribution in [2.45, 2.75) is 19.6 Å². The maximum atomic E-state index is 11.9. The number of para-hydroxylation sites is 1. The number of nitrogens with one attached hydrogen (secondary N) is 1. The van der Waals surface area contributed by atoms with E-state index in [-0.39, 0.29) is 18.6 Å². The van der Waals surface area contributed by atoms with Crippen molar-refractivity contribution >= 4 is 5.91 Å². The molecule has 0 aliphatic carbocycles. The quantitative estimate of drug-likeness (QED) is 0.856. The summed E-state index contributed by atoms with van der Waals surface area (Å²) < 4.78 is 5.64. The normalized spacial score (nSPS) is 11.7. The van der Waals surface area contributed by atoms with Crippen LogP contribution in [0, 0.1) is 0 Å². The lowest BCUT2D eigenvalue weighted by molar-refractivity contribution is 0.0922. The molecular weight excluding hydrogens is 266 g/mol. The Hall–Kier alpha value is -2.33. The molecule has 1 amide bonds. The van der Waals surface area contributed by atoms with Crippen LogP contribution in [0.1, 0.15) is 22.8 Å². The summed E-state index contributed by atoms with van der Waals surface area (Å²) in [6.45, 7) is 2.13. The van der Waals surface area contributed by atoms with Crippen molar-refractivity contribution in [3.8, 4) is 5.75 Å². The highest BCUT2D eigenvalue weighted by atomic mass is 16.5. The fraction of sp³-hybridized carbons (Fsp3) is 0.235. The molecule has 0 aliphatic rings. The molecule has 1 atom stereocenters. The number of benzene rings is 2. The standard InChI is InChI=1S/C17H19NO3/c1-13(11-19)18-17(20)15-9-7-14(8-10-15)12-21-16-5-3-2-4-6-16/h2-10,13,19H,11-12H2,1H3,(H,18,20). The van der Waals surface area contributed by atoms with Crippen LogP contribution in [0.3, 0.4) is 0 Å². The van der Waals surface area contributed by atoms with Gasteiger partial charge in [-0.2, -0.15) is 0 Å².